The molecule has 0 amide bonds. The maximum absolute atomic E-state index is 9.58. The van der Waals surface area contributed by atoms with Crippen molar-refractivity contribution in [1.29, 1.82) is 0 Å². The highest BCUT2D eigenvalue weighted by Crippen LogP contribution is 2.13. The molecule has 1 rings (SSSR count). The molecule has 0 unspecified atom stereocenters. The zero-order valence-corrected chi connectivity index (χ0v) is 4.78. The van der Waals surface area contributed by atoms with Gasteiger partial charge in [0.25, 0.3) is 0 Å². The number of hydrogen-bond donors (Lipinski definition) is 2. The Hall–Kier alpha value is -0.0800. The van der Waals surface area contributed by atoms with Gasteiger partial charge in [0.2, 0.25) is 0 Å². The van der Waals surface area contributed by atoms with Gasteiger partial charge in [0.05, 0.1) is 5.60 Å². The van der Waals surface area contributed by atoms with Crippen LogP contribution in [0.3, 0.4) is 0 Å². The van der Waals surface area contributed by atoms with Crippen LogP contribution in [0.5, 0.6) is 0 Å². The molecule has 0 spiro atoms. The fourth-order valence-electron chi connectivity index (χ4n) is 0.889. The SMILES string of the molecule is [2H]C([2H])([2H])[C@]1(O)CCCNC1. The third-order valence-electron chi connectivity index (χ3n) is 1.36. The van der Waals surface area contributed by atoms with Crippen LogP contribution in [0.2, 0.25) is 0 Å². The number of hydrogen-bond acceptors (Lipinski definition) is 2. The Balaban J connectivity index is 2.64. The van der Waals surface area contributed by atoms with Crippen molar-refractivity contribution in [1.82, 2.24) is 5.32 Å². The lowest BCUT2D eigenvalue weighted by Gasteiger charge is -2.28. The van der Waals surface area contributed by atoms with Gasteiger partial charge in [0.1, 0.15) is 0 Å². The third kappa shape index (κ3) is 1.46. The molecule has 0 bridgehead atoms. The maximum atomic E-state index is 9.58. The molecule has 1 saturated heterocycles. The van der Waals surface area contributed by atoms with Crippen molar-refractivity contribution in [3.8, 4) is 0 Å². The monoisotopic (exact) mass is 118 g/mol. The van der Waals surface area contributed by atoms with Gasteiger partial charge in [-0.1, -0.05) is 0 Å². The van der Waals surface area contributed by atoms with E-state index in [1.54, 1.807) is 0 Å². The summed E-state index contributed by atoms with van der Waals surface area (Å²) >= 11 is 0. The topological polar surface area (TPSA) is 32.3 Å². The minimum absolute atomic E-state index is 0.184. The molecule has 0 radical (unpaired) electrons. The largest absolute Gasteiger partial charge is 0.389 e. The van der Waals surface area contributed by atoms with Gasteiger partial charge in [-0.05, 0) is 26.2 Å². The van der Waals surface area contributed by atoms with Crippen molar-refractivity contribution in [3.05, 3.63) is 0 Å². The minimum atomic E-state index is -2.25. The second kappa shape index (κ2) is 2.03. The summed E-state index contributed by atoms with van der Waals surface area (Å²) < 4.78 is 21.2. The highest BCUT2D eigenvalue weighted by Gasteiger charge is 2.21. The summed E-state index contributed by atoms with van der Waals surface area (Å²) in [6.45, 7) is -1.26. The summed E-state index contributed by atoms with van der Waals surface area (Å²) in [6.07, 6.45) is 1.10. The molecule has 0 aromatic rings. The number of nitrogens with one attached hydrogen (secondary N) is 1. The molecular weight excluding hydrogens is 102 g/mol. The Morgan fingerprint density at radius 3 is 3.12 bits per heavy atom. The Bertz CT molecular complexity index is 139. The fraction of sp³-hybridized carbons (Fsp3) is 1.00. The summed E-state index contributed by atoms with van der Waals surface area (Å²) in [5.41, 5.74) is -1.49. The van der Waals surface area contributed by atoms with Crippen LogP contribution in [0.15, 0.2) is 0 Å². The Morgan fingerprint density at radius 1 is 1.88 bits per heavy atom. The van der Waals surface area contributed by atoms with Gasteiger partial charge in [-0.2, -0.15) is 0 Å². The normalized spacial score (nSPS) is 46.9. The third-order valence-corrected chi connectivity index (χ3v) is 1.36. The first-order chi connectivity index (χ1) is 4.96. The zero-order valence-electron chi connectivity index (χ0n) is 7.78. The molecule has 2 heteroatoms. The molecule has 0 aromatic carbocycles. The Labute approximate surface area is 54.1 Å². The van der Waals surface area contributed by atoms with Crippen LogP contribution in [0.4, 0.5) is 0 Å². The predicted octanol–water partition coefficient (Wildman–Crippen LogP) is 0.121. The van der Waals surface area contributed by atoms with E-state index in [4.69, 9.17) is 4.11 Å². The van der Waals surface area contributed by atoms with Crippen molar-refractivity contribution in [3.63, 3.8) is 0 Å². The van der Waals surface area contributed by atoms with Gasteiger partial charge < -0.3 is 10.4 Å². The molecule has 48 valence electrons. The summed E-state index contributed by atoms with van der Waals surface area (Å²) in [5, 5.41) is 12.5. The van der Waals surface area contributed by atoms with Crippen molar-refractivity contribution in [2.24, 2.45) is 0 Å². The molecule has 1 aliphatic rings. The molecule has 1 aliphatic heterocycles. The molecule has 8 heavy (non-hydrogen) atoms. The number of β-amino-alcohol motifs (C(OH)–C–C–N with tert-alkyl or cyclic N) is 1. The molecule has 1 atom stereocenters. The molecule has 0 aromatic heterocycles. The lowest BCUT2D eigenvalue weighted by atomic mass is 9.97. The molecular formula is C6H13NO. The van der Waals surface area contributed by atoms with E-state index in [-0.39, 0.29) is 6.54 Å². The van der Waals surface area contributed by atoms with E-state index in [1.165, 1.54) is 0 Å². The van der Waals surface area contributed by atoms with E-state index in [1.807, 2.05) is 0 Å². The average molecular weight is 118 g/mol. The van der Waals surface area contributed by atoms with E-state index < -0.39 is 12.5 Å². The van der Waals surface area contributed by atoms with Crippen molar-refractivity contribution >= 4 is 0 Å². The highest BCUT2D eigenvalue weighted by atomic mass is 16.3. The summed E-state index contributed by atoms with van der Waals surface area (Å²) in [5.74, 6) is 0. The smallest absolute Gasteiger partial charge is 0.0744 e. The Kier molecular flexibility index (Phi) is 0.809. The number of aliphatic hydroxyl groups is 1. The first kappa shape index (κ1) is 3.18. The van der Waals surface area contributed by atoms with Crippen LogP contribution in [-0.4, -0.2) is 23.8 Å². The second-order valence-electron chi connectivity index (χ2n) is 2.31. The zero-order chi connectivity index (χ0) is 8.54. The maximum Gasteiger partial charge on any atom is 0.0744 e. The summed E-state index contributed by atoms with van der Waals surface area (Å²) in [6, 6.07) is 0. The van der Waals surface area contributed by atoms with Crippen LogP contribution in [0.25, 0.3) is 0 Å². The van der Waals surface area contributed by atoms with Crippen molar-refractivity contribution in [2.45, 2.75) is 25.3 Å². The van der Waals surface area contributed by atoms with Crippen LogP contribution in [0, 0.1) is 0 Å². The van der Waals surface area contributed by atoms with Gasteiger partial charge in [0, 0.05) is 10.7 Å². The Morgan fingerprint density at radius 2 is 2.75 bits per heavy atom. The fourth-order valence-corrected chi connectivity index (χ4v) is 0.889. The van der Waals surface area contributed by atoms with Gasteiger partial charge in [-0.3, -0.25) is 0 Å². The van der Waals surface area contributed by atoms with Crippen LogP contribution < -0.4 is 5.32 Å². The van der Waals surface area contributed by atoms with Crippen LogP contribution in [-0.2, 0) is 0 Å². The van der Waals surface area contributed by atoms with Crippen LogP contribution in [0.1, 0.15) is 23.8 Å². The van der Waals surface area contributed by atoms with Gasteiger partial charge >= 0.3 is 0 Å². The van der Waals surface area contributed by atoms with Gasteiger partial charge in [-0.15, -0.1) is 0 Å². The summed E-state index contributed by atoms with van der Waals surface area (Å²) in [7, 11) is 0. The molecule has 2 nitrogen and oxygen atoms in total. The van der Waals surface area contributed by atoms with E-state index >= 15 is 0 Å². The quantitative estimate of drug-likeness (QED) is 0.473. The highest BCUT2D eigenvalue weighted by molar-refractivity contribution is 4.79. The standard InChI is InChI=1S/C6H13NO/c1-6(8)3-2-4-7-5-6/h7-8H,2-5H2,1H3/t6-/m0/s1/i1D3. The van der Waals surface area contributed by atoms with E-state index in [0.29, 0.717) is 6.42 Å². The molecule has 1 heterocycles. The molecule has 2 N–H and O–H groups in total. The van der Waals surface area contributed by atoms with Gasteiger partial charge in [-0.25, -0.2) is 0 Å². The number of piperidine rings is 1. The van der Waals surface area contributed by atoms with Crippen molar-refractivity contribution < 1.29 is 9.22 Å². The number of rotatable bonds is 0. The van der Waals surface area contributed by atoms with E-state index in [0.717, 1.165) is 13.0 Å². The van der Waals surface area contributed by atoms with Gasteiger partial charge in [0.15, 0.2) is 0 Å². The lowest BCUT2D eigenvalue weighted by Crippen LogP contribution is -2.42. The van der Waals surface area contributed by atoms with E-state index in [2.05, 4.69) is 5.32 Å². The molecule has 0 saturated carbocycles. The lowest BCUT2D eigenvalue weighted by molar-refractivity contribution is 0.0351. The van der Waals surface area contributed by atoms with Crippen LogP contribution >= 0.6 is 0 Å². The molecule has 0 aliphatic carbocycles. The summed E-state index contributed by atoms with van der Waals surface area (Å²) in [4.78, 5) is 0. The average Bonchev–Trinajstić information content (AvgIpc) is 1.87. The van der Waals surface area contributed by atoms with Crippen molar-refractivity contribution in [2.75, 3.05) is 13.1 Å². The molecule has 1 fully saturated rings. The first-order valence-corrected chi connectivity index (χ1v) is 2.89. The predicted molar refractivity (Wildman–Crippen MR) is 32.7 cm³/mol. The second-order valence-corrected chi connectivity index (χ2v) is 2.31. The van der Waals surface area contributed by atoms with E-state index in [9.17, 15) is 5.11 Å². The first-order valence-electron chi connectivity index (χ1n) is 4.39. The minimum Gasteiger partial charge on any atom is -0.389 e.